The van der Waals surface area contributed by atoms with Crippen LogP contribution >= 0.6 is 11.3 Å². The fraction of sp³-hybridized carbons (Fsp3) is 0.125. The number of aromatic nitrogens is 2. The molecule has 0 aliphatic carbocycles. The summed E-state index contributed by atoms with van der Waals surface area (Å²) in [6.45, 7) is 4.25. The summed E-state index contributed by atoms with van der Waals surface area (Å²) in [6.07, 6.45) is 5.47. The van der Waals surface area contributed by atoms with Gasteiger partial charge in [0, 0.05) is 12.4 Å². The Hall–Kier alpha value is -2.20. The largest absolute Gasteiger partial charge is 0.330 e. The highest BCUT2D eigenvalue weighted by Crippen LogP contribution is 2.32. The Morgan fingerprint density at radius 3 is 2.75 bits per heavy atom. The number of thiazole rings is 1. The standard InChI is InChI=1S/C16H15N3S/c1-11-5-6-14(12(2)8-11)15-10-18-16(20-15)19-13-4-3-7-17-9-13/h3-10H,1-2H3,(H,18,19). The number of aryl methyl sites for hydroxylation is 2. The highest BCUT2D eigenvalue weighted by atomic mass is 32.1. The van der Waals surface area contributed by atoms with Crippen LogP contribution in [0.1, 0.15) is 11.1 Å². The van der Waals surface area contributed by atoms with E-state index in [0.29, 0.717) is 0 Å². The molecule has 3 aromatic rings. The lowest BCUT2D eigenvalue weighted by atomic mass is 10.1. The van der Waals surface area contributed by atoms with E-state index in [1.165, 1.54) is 21.6 Å². The zero-order valence-electron chi connectivity index (χ0n) is 11.4. The summed E-state index contributed by atoms with van der Waals surface area (Å²) in [5, 5.41) is 4.15. The zero-order valence-corrected chi connectivity index (χ0v) is 12.2. The van der Waals surface area contributed by atoms with Crippen molar-refractivity contribution in [3.8, 4) is 10.4 Å². The van der Waals surface area contributed by atoms with Crippen molar-refractivity contribution in [2.45, 2.75) is 13.8 Å². The van der Waals surface area contributed by atoms with Gasteiger partial charge in [-0.3, -0.25) is 4.98 Å². The van der Waals surface area contributed by atoms with Crippen LogP contribution in [0.25, 0.3) is 10.4 Å². The van der Waals surface area contributed by atoms with Gasteiger partial charge in [0.15, 0.2) is 5.13 Å². The normalized spacial score (nSPS) is 10.5. The van der Waals surface area contributed by atoms with Crippen molar-refractivity contribution in [3.63, 3.8) is 0 Å². The molecule has 4 heteroatoms. The van der Waals surface area contributed by atoms with Gasteiger partial charge in [0.05, 0.1) is 16.8 Å². The number of nitrogens with one attached hydrogen (secondary N) is 1. The Morgan fingerprint density at radius 1 is 1.10 bits per heavy atom. The summed E-state index contributed by atoms with van der Waals surface area (Å²) in [5.74, 6) is 0. The third-order valence-electron chi connectivity index (χ3n) is 3.07. The molecule has 2 heterocycles. The summed E-state index contributed by atoms with van der Waals surface area (Å²) in [7, 11) is 0. The van der Waals surface area contributed by atoms with Crippen LogP contribution in [0.15, 0.2) is 48.9 Å². The fourth-order valence-corrected chi connectivity index (χ4v) is 3.03. The van der Waals surface area contributed by atoms with Gasteiger partial charge in [-0.25, -0.2) is 4.98 Å². The molecule has 0 aliphatic heterocycles. The molecule has 1 aromatic carbocycles. The van der Waals surface area contributed by atoms with E-state index in [1.54, 1.807) is 23.7 Å². The van der Waals surface area contributed by atoms with Gasteiger partial charge in [0.2, 0.25) is 0 Å². The number of hydrogen-bond acceptors (Lipinski definition) is 4. The molecule has 3 rings (SSSR count). The Balaban J connectivity index is 1.87. The molecule has 0 fully saturated rings. The molecular formula is C16H15N3S. The van der Waals surface area contributed by atoms with Gasteiger partial charge in [-0.1, -0.05) is 35.1 Å². The molecule has 0 aliphatic rings. The molecule has 0 saturated carbocycles. The fourth-order valence-electron chi connectivity index (χ4n) is 2.11. The second-order valence-electron chi connectivity index (χ2n) is 4.71. The van der Waals surface area contributed by atoms with E-state index in [9.17, 15) is 0 Å². The van der Waals surface area contributed by atoms with E-state index in [2.05, 4.69) is 47.3 Å². The monoisotopic (exact) mass is 281 g/mol. The highest BCUT2D eigenvalue weighted by Gasteiger charge is 2.07. The summed E-state index contributed by atoms with van der Waals surface area (Å²) in [4.78, 5) is 9.69. The first-order valence-corrected chi connectivity index (χ1v) is 7.24. The minimum absolute atomic E-state index is 0.882. The first-order chi connectivity index (χ1) is 9.72. The number of benzene rings is 1. The molecule has 20 heavy (non-hydrogen) atoms. The second kappa shape index (κ2) is 5.43. The van der Waals surface area contributed by atoms with Crippen LogP contribution in [0.4, 0.5) is 10.8 Å². The van der Waals surface area contributed by atoms with Crippen LogP contribution in [0.5, 0.6) is 0 Å². The Kier molecular flexibility index (Phi) is 3.48. The minimum Gasteiger partial charge on any atom is -0.330 e. The Morgan fingerprint density at radius 2 is 2.00 bits per heavy atom. The molecule has 3 nitrogen and oxygen atoms in total. The van der Waals surface area contributed by atoms with Crippen molar-refractivity contribution in [2.24, 2.45) is 0 Å². The van der Waals surface area contributed by atoms with Crippen LogP contribution in [0, 0.1) is 13.8 Å². The van der Waals surface area contributed by atoms with E-state index in [0.717, 1.165) is 10.8 Å². The molecule has 0 unspecified atom stereocenters. The molecule has 0 spiro atoms. The maximum atomic E-state index is 4.43. The minimum atomic E-state index is 0.882. The molecule has 1 N–H and O–H groups in total. The molecule has 100 valence electrons. The van der Waals surface area contributed by atoms with Gasteiger partial charge in [0.25, 0.3) is 0 Å². The predicted octanol–water partition coefficient (Wildman–Crippen LogP) is 4.57. The summed E-state index contributed by atoms with van der Waals surface area (Å²) in [6, 6.07) is 10.4. The van der Waals surface area contributed by atoms with E-state index in [4.69, 9.17) is 0 Å². The van der Waals surface area contributed by atoms with Crippen LogP contribution < -0.4 is 5.32 Å². The van der Waals surface area contributed by atoms with Crippen molar-refractivity contribution >= 4 is 22.2 Å². The van der Waals surface area contributed by atoms with E-state index in [1.807, 2.05) is 18.3 Å². The van der Waals surface area contributed by atoms with E-state index < -0.39 is 0 Å². The van der Waals surface area contributed by atoms with Crippen molar-refractivity contribution < 1.29 is 0 Å². The summed E-state index contributed by atoms with van der Waals surface area (Å²) >= 11 is 1.65. The molecule has 2 aromatic heterocycles. The second-order valence-corrected chi connectivity index (χ2v) is 5.75. The lowest BCUT2D eigenvalue weighted by molar-refractivity contribution is 1.31. The number of rotatable bonds is 3. The smallest absolute Gasteiger partial charge is 0.187 e. The van der Waals surface area contributed by atoms with Crippen molar-refractivity contribution in [1.29, 1.82) is 0 Å². The Labute approximate surface area is 122 Å². The summed E-state index contributed by atoms with van der Waals surface area (Å²) < 4.78 is 0. The van der Waals surface area contributed by atoms with Crippen LogP contribution in [-0.4, -0.2) is 9.97 Å². The molecule has 0 radical (unpaired) electrons. The van der Waals surface area contributed by atoms with Crippen molar-refractivity contribution in [2.75, 3.05) is 5.32 Å². The van der Waals surface area contributed by atoms with Gasteiger partial charge in [-0.15, -0.1) is 0 Å². The Bertz CT molecular complexity index is 720. The number of anilines is 2. The number of nitrogens with zero attached hydrogens (tertiary/aromatic N) is 2. The van der Waals surface area contributed by atoms with Gasteiger partial charge in [-0.05, 0) is 37.1 Å². The lowest BCUT2D eigenvalue weighted by Crippen LogP contribution is -1.88. The summed E-state index contributed by atoms with van der Waals surface area (Å²) in [5.41, 5.74) is 4.76. The maximum absolute atomic E-state index is 4.43. The average molecular weight is 281 g/mol. The molecule has 0 amide bonds. The molecule has 0 bridgehead atoms. The van der Waals surface area contributed by atoms with Gasteiger partial charge in [-0.2, -0.15) is 0 Å². The van der Waals surface area contributed by atoms with Gasteiger partial charge >= 0.3 is 0 Å². The first kappa shape index (κ1) is 12.8. The third-order valence-corrected chi connectivity index (χ3v) is 4.01. The van der Waals surface area contributed by atoms with Crippen LogP contribution in [0.3, 0.4) is 0 Å². The zero-order chi connectivity index (χ0) is 13.9. The molecule has 0 atom stereocenters. The SMILES string of the molecule is Cc1ccc(-c2cnc(Nc3cccnc3)s2)c(C)c1. The van der Waals surface area contributed by atoms with Crippen molar-refractivity contribution in [3.05, 3.63) is 60.0 Å². The lowest BCUT2D eigenvalue weighted by Gasteiger charge is -2.03. The average Bonchev–Trinajstić information content (AvgIpc) is 2.88. The highest BCUT2D eigenvalue weighted by molar-refractivity contribution is 7.19. The van der Waals surface area contributed by atoms with E-state index in [-0.39, 0.29) is 0 Å². The quantitative estimate of drug-likeness (QED) is 0.764. The number of pyridine rings is 1. The predicted molar refractivity (Wildman–Crippen MR) is 84.5 cm³/mol. The van der Waals surface area contributed by atoms with Gasteiger partial charge < -0.3 is 5.32 Å². The topological polar surface area (TPSA) is 37.8 Å². The molecular weight excluding hydrogens is 266 g/mol. The van der Waals surface area contributed by atoms with Crippen molar-refractivity contribution in [1.82, 2.24) is 9.97 Å². The van der Waals surface area contributed by atoms with E-state index >= 15 is 0 Å². The number of hydrogen-bond donors (Lipinski definition) is 1. The van der Waals surface area contributed by atoms with Crippen LogP contribution in [0.2, 0.25) is 0 Å². The third kappa shape index (κ3) is 2.70. The van der Waals surface area contributed by atoms with Gasteiger partial charge in [0.1, 0.15) is 0 Å². The molecule has 0 saturated heterocycles. The van der Waals surface area contributed by atoms with Crippen LogP contribution in [-0.2, 0) is 0 Å². The first-order valence-electron chi connectivity index (χ1n) is 6.43. The maximum Gasteiger partial charge on any atom is 0.187 e.